The van der Waals surface area contributed by atoms with Gasteiger partial charge in [-0.15, -0.1) is 0 Å². The molecule has 0 aliphatic heterocycles. The Morgan fingerprint density at radius 1 is 1.42 bits per heavy atom. The van der Waals surface area contributed by atoms with Crippen LogP contribution in [0.4, 0.5) is 0 Å². The maximum Gasteiger partial charge on any atom is 0.166 e. The van der Waals surface area contributed by atoms with E-state index in [0.717, 1.165) is 47.5 Å². The summed E-state index contributed by atoms with van der Waals surface area (Å²) in [7, 11) is 4.08. The van der Waals surface area contributed by atoms with Gasteiger partial charge in [0.05, 0.1) is 5.69 Å². The molecule has 2 N–H and O–H groups in total. The van der Waals surface area contributed by atoms with Crippen molar-refractivity contribution in [1.82, 2.24) is 20.7 Å². The van der Waals surface area contributed by atoms with Gasteiger partial charge in [-0.2, -0.15) is 11.8 Å². The molecule has 0 atom stereocenters. The summed E-state index contributed by atoms with van der Waals surface area (Å²) >= 11 is 6.99. The average Bonchev–Trinajstić information content (AvgIpc) is 2.74. The molecule has 0 aromatic carbocycles. The molecule has 0 aliphatic rings. The van der Waals surface area contributed by atoms with Gasteiger partial charge < -0.3 is 20.1 Å². The summed E-state index contributed by atoms with van der Waals surface area (Å²) in [6.07, 6.45) is 1.68. The van der Waals surface area contributed by atoms with Crippen LogP contribution < -0.4 is 10.6 Å². The minimum Gasteiger partial charge on any atom is -0.364 e. The van der Waals surface area contributed by atoms with E-state index >= 15 is 0 Å². The molecule has 1 rings (SSSR count). The summed E-state index contributed by atoms with van der Waals surface area (Å²) in [5.41, 5.74) is 2.14. The predicted octanol–water partition coefficient (Wildman–Crippen LogP) is 1.24. The van der Waals surface area contributed by atoms with Gasteiger partial charge in [-0.3, -0.25) is 0 Å². The second kappa shape index (κ2) is 9.17. The molecule has 1 aromatic heterocycles. The maximum absolute atomic E-state index is 5.18. The fraction of sp³-hybridized carbons (Fsp3) is 0.667. The average molecular weight is 302 g/mol. The van der Waals surface area contributed by atoms with Crippen LogP contribution >= 0.6 is 24.0 Å². The van der Waals surface area contributed by atoms with Crippen LogP contribution in [0, 0.1) is 6.92 Å². The van der Waals surface area contributed by atoms with Crippen LogP contribution in [-0.4, -0.2) is 54.7 Å². The number of thiocarbonyl (C=S) groups is 1. The summed E-state index contributed by atoms with van der Waals surface area (Å²) < 4.78 is 4.89. The second-order valence-corrected chi connectivity index (χ2v) is 6.00. The van der Waals surface area contributed by atoms with Gasteiger partial charge in [0.25, 0.3) is 0 Å². The van der Waals surface area contributed by atoms with Crippen LogP contribution in [-0.2, 0) is 5.75 Å². The molecule has 1 aromatic rings. The molecule has 0 saturated heterocycles. The molecule has 0 spiro atoms. The predicted molar refractivity (Wildman–Crippen MR) is 84.6 cm³/mol. The van der Waals surface area contributed by atoms with Crippen LogP contribution in [0.5, 0.6) is 0 Å². The highest BCUT2D eigenvalue weighted by molar-refractivity contribution is 7.98. The minimum absolute atomic E-state index is 0.722. The zero-order chi connectivity index (χ0) is 14.1. The first-order valence-corrected chi connectivity index (χ1v) is 7.80. The van der Waals surface area contributed by atoms with Crippen molar-refractivity contribution >= 4 is 29.1 Å². The molecule has 0 saturated carbocycles. The molecule has 0 unspecified atom stereocenters. The van der Waals surface area contributed by atoms with Gasteiger partial charge in [-0.25, -0.2) is 0 Å². The Kier molecular flexibility index (Phi) is 7.85. The lowest BCUT2D eigenvalue weighted by Gasteiger charge is -2.13. The number of rotatable bonds is 8. The summed E-state index contributed by atoms with van der Waals surface area (Å²) in [5.74, 6) is 1.87. The van der Waals surface area contributed by atoms with Gasteiger partial charge >= 0.3 is 0 Å². The number of hydrogen-bond donors (Lipinski definition) is 2. The van der Waals surface area contributed by atoms with Crippen molar-refractivity contribution in [3.8, 4) is 0 Å². The number of thioether (sulfide) groups is 1. The van der Waals surface area contributed by atoms with E-state index in [1.165, 1.54) is 0 Å². The first-order chi connectivity index (χ1) is 9.09. The third kappa shape index (κ3) is 7.39. The normalized spacial score (nSPS) is 10.7. The molecule has 0 amide bonds. The highest BCUT2D eigenvalue weighted by atomic mass is 32.2. The SMILES string of the molecule is Cc1conc1CSCCNC(=S)NCCN(C)C. The van der Waals surface area contributed by atoms with Crippen molar-refractivity contribution < 1.29 is 4.52 Å². The van der Waals surface area contributed by atoms with Gasteiger partial charge in [-0.1, -0.05) is 5.16 Å². The lowest BCUT2D eigenvalue weighted by Crippen LogP contribution is -2.39. The summed E-state index contributed by atoms with van der Waals surface area (Å²) in [6, 6.07) is 0. The Morgan fingerprint density at radius 3 is 2.79 bits per heavy atom. The third-order valence-electron chi connectivity index (χ3n) is 2.46. The van der Waals surface area contributed by atoms with Crippen molar-refractivity contribution in [3.05, 3.63) is 17.5 Å². The molecule has 1 heterocycles. The lowest BCUT2D eigenvalue weighted by molar-refractivity contribution is 0.412. The van der Waals surface area contributed by atoms with Gasteiger partial charge in [-0.05, 0) is 33.2 Å². The molecule has 19 heavy (non-hydrogen) atoms. The topological polar surface area (TPSA) is 53.3 Å². The zero-order valence-electron chi connectivity index (χ0n) is 11.7. The summed E-state index contributed by atoms with van der Waals surface area (Å²) in [5, 5.41) is 11.0. The largest absolute Gasteiger partial charge is 0.364 e. The van der Waals surface area contributed by atoms with Crippen LogP contribution in [0.25, 0.3) is 0 Å². The summed E-state index contributed by atoms with van der Waals surface area (Å²) in [6.45, 7) is 4.70. The fourth-order valence-electron chi connectivity index (χ4n) is 1.31. The van der Waals surface area contributed by atoms with E-state index in [2.05, 4.69) is 20.7 Å². The highest BCUT2D eigenvalue weighted by Gasteiger charge is 2.02. The number of nitrogens with one attached hydrogen (secondary N) is 2. The lowest BCUT2D eigenvalue weighted by atomic mass is 10.3. The Morgan fingerprint density at radius 2 is 2.16 bits per heavy atom. The number of aryl methyl sites for hydroxylation is 1. The van der Waals surface area contributed by atoms with E-state index in [1.54, 1.807) is 6.26 Å². The quantitative estimate of drug-likeness (QED) is 0.553. The molecular formula is C12H22N4OS2. The molecule has 0 fully saturated rings. The third-order valence-corrected chi connectivity index (χ3v) is 3.72. The van der Waals surface area contributed by atoms with Gasteiger partial charge in [0.2, 0.25) is 0 Å². The Balaban J connectivity index is 1.98. The first kappa shape index (κ1) is 16.3. The van der Waals surface area contributed by atoms with Crippen molar-refractivity contribution in [2.24, 2.45) is 0 Å². The van der Waals surface area contributed by atoms with E-state index in [9.17, 15) is 0 Å². The van der Waals surface area contributed by atoms with Crippen molar-refractivity contribution in [3.63, 3.8) is 0 Å². The number of hydrogen-bond acceptors (Lipinski definition) is 5. The van der Waals surface area contributed by atoms with Crippen LogP contribution in [0.2, 0.25) is 0 Å². The van der Waals surface area contributed by atoms with E-state index in [0.29, 0.717) is 0 Å². The molecule has 0 aliphatic carbocycles. The minimum atomic E-state index is 0.722. The van der Waals surface area contributed by atoms with E-state index < -0.39 is 0 Å². The van der Waals surface area contributed by atoms with E-state index in [4.69, 9.17) is 16.7 Å². The Labute approximate surface area is 124 Å². The smallest absolute Gasteiger partial charge is 0.166 e. The van der Waals surface area contributed by atoms with Gasteiger partial charge in [0.15, 0.2) is 5.11 Å². The molecule has 7 heteroatoms. The Hall–Kier alpha value is -0.790. The standard InChI is InChI=1S/C12H22N4OS2/c1-10-8-17-15-11(10)9-19-7-5-14-12(18)13-4-6-16(2)3/h8H,4-7,9H2,1-3H3,(H2,13,14,18). The van der Waals surface area contributed by atoms with Crippen molar-refractivity contribution in [2.45, 2.75) is 12.7 Å². The van der Waals surface area contributed by atoms with Crippen molar-refractivity contribution in [1.29, 1.82) is 0 Å². The Bertz CT molecular complexity index is 382. The van der Waals surface area contributed by atoms with Crippen LogP contribution in [0.3, 0.4) is 0 Å². The van der Waals surface area contributed by atoms with Gasteiger partial charge in [0, 0.05) is 36.7 Å². The number of nitrogens with zero attached hydrogens (tertiary/aromatic N) is 2. The number of likely N-dealkylation sites (N-methyl/N-ethyl adjacent to an activating group) is 1. The monoisotopic (exact) mass is 302 g/mol. The first-order valence-electron chi connectivity index (χ1n) is 6.23. The van der Waals surface area contributed by atoms with Crippen LogP contribution in [0.15, 0.2) is 10.8 Å². The fourth-order valence-corrected chi connectivity index (χ4v) is 2.38. The van der Waals surface area contributed by atoms with Crippen LogP contribution in [0.1, 0.15) is 11.3 Å². The molecule has 0 radical (unpaired) electrons. The molecule has 5 nitrogen and oxygen atoms in total. The molecular weight excluding hydrogens is 280 g/mol. The van der Waals surface area contributed by atoms with Gasteiger partial charge in [0.1, 0.15) is 6.26 Å². The molecule has 108 valence electrons. The zero-order valence-corrected chi connectivity index (χ0v) is 13.4. The second-order valence-electron chi connectivity index (χ2n) is 4.48. The number of aromatic nitrogens is 1. The molecule has 0 bridgehead atoms. The van der Waals surface area contributed by atoms with E-state index in [-0.39, 0.29) is 0 Å². The van der Waals surface area contributed by atoms with E-state index in [1.807, 2.05) is 32.8 Å². The summed E-state index contributed by atoms with van der Waals surface area (Å²) in [4.78, 5) is 2.12. The maximum atomic E-state index is 5.18. The highest BCUT2D eigenvalue weighted by Crippen LogP contribution is 2.13. The van der Waals surface area contributed by atoms with Crippen molar-refractivity contribution in [2.75, 3.05) is 39.5 Å².